The molecule has 2 aliphatic heterocycles. The molecule has 0 aliphatic carbocycles. The number of hydrogen-bond acceptors (Lipinski definition) is 6. The van der Waals surface area contributed by atoms with Crippen LogP contribution in [-0.4, -0.2) is 79.6 Å². The molecular formula is C22H30FN3O2S. The Morgan fingerprint density at radius 3 is 2.69 bits per heavy atom. The zero-order chi connectivity index (χ0) is 20.5. The van der Waals surface area contributed by atoms with Crippen molar-refractivity contribution in [3.63, 3.8) is 0 Å². The van der Waals surface area contributed by atoms with Crippen LogP contribution in [0.15, 0.2) is 18.2 Å². The smallest absolute Gasteiger partial charge is 0.348 e. The van der Waals surface area contributed by atoms with Crippen LogP contribution in [0.5, 0.6) is 0 Å². The maximum absolute atomic E-state index is 14.6. The molecule has 2 aliphatic rings. The topological polar surface area (TPSA) is 36.0 Å². The third kappa shape index (κ3) is 4.19. The summed E-state index contributed by atoms with van der Waals surface area (Å²) in [7, 11) is 3.58. The molecule has 4 rings (SSSR count). The van der Waals surface area contributed by atoms with Gasteiger partial charge in [-0.3, -0.25) is 9.80 Å². The second kappa shape index (κ2) is 8.68. The Morgan fingerprint density at radius 2 is 2.00 bits per heavy atom. The molecule has 0 bridgehead atoms. The molecule has 1 aromatic carbocycles. The van der Waals surface area contributed by atoms with Crippen molar-refractivity contribution in [1.29, 1.82) is 0 Å². The minimum absolute atomic E-state index is 0.262. The number of thiophene rings is 1. The lowest BCUT2D eigenvalue weighted by atomic mass is 10.00. The zero-order valence-corrected chi connectivity index (χ0v) is 18.3. The number of rotatable bonds is 4. The first-order valence-corrected chi connectivity index (χ1v) is 11.2. The quantitative estimate of drug-likeness (QED) is 0.710. The van der Waals surface area contributed by atoms with Gasteiger partial charge in [-0.2, -0.15) is 0 Å². The largest absolute Gasteiger partial charge is 0.465 e. The van der Waals surface area contributed by atoms with Crippen molar-refractivity contribution in [3.8, 4) is 0 Å². The summed E-state index contributed by atoms with van der Waals surface area (Å²) in [5, 5.41) is 0.573. The number of esters is 1. The molecule has 2 aromatic rings. The molecule has 5 nitrogen and oxygen atoms in total. The van der Waals surface area contributed by atoms with Gasteiger partial charge in [0.15, 0.2) is 0 Å². The Morgan fingerprint density at radius 1 is 1.24 bits per heavy atom. The minimum Gasteiger partial charge on any atom is -0.465 e. The average molecular weight is 420 g/mol. The van der Waals surface area contributed by atoms with E-state index in [1.807, 2.05) is 6.07 Å². The van der Waals surface area contributed by atoms with Crippen LogP contribution in [0.3, 0.4) is 0 Å². The van der Waals surface area contributed by atoms with Crippen molar-refractivity contribution < 1.29 is 13.9 Å². The molecule has 0 N–H and O–H groups in total. The molecule has 1 unspecified atom stereocenters. The monoisotopic (exact) mass is 419 g/mol. The first kappa shape index (κ1) is 20.7. The van der Waals surface area contributed by atoms with Crippen molar-refractivity contribution in [2.24, 2.45) is 0 Å². The molecule has 1 aromatic heterocycles. The SMILES string of the molecule is COC(=O)c1sc2cccc(F)c2c1CN1CCN(C2CCN(C)CC2)C(C)C1. The average Bonchev–Trinajstić information content (AvgIpc) is 3.08. The molecular weight excluding hydrogens is 389 g/mol. The number of ether oxygens (including phenoxy) is 1. The minimum atomic E-state index is -0.376. The van der Waals surface area contributed by atoms with Gasteiger partial charge in [0.1, 0.15) is 10.7 Å². The summed E-state index contributed by atoms with van der Waals surface area (Å²) in [6.07, 6.45) is 2.46. The fraction of sp³-hybridized carbons (Fsp3) is 0.591. The molecule has 2 fully saturated rings. The molecule has 7 heteroatoms. The lowest BCUT2D eigenvalue weighted by Gasteiger charge is -2.46. The molecule has 0 spiro atoms. The van der Waals surface area contributed by atoms with Crippen LogP contribution >= 0.6 is 11.3 Å². The van der Waals surface area contributed by atoms with Gasteiger partial charge in [0.05, 0.1) is 7.11 Å². The van der Waals surface area contributed by atoms with E-state index in [1.165, 1.54) is 50.4 Å². The highest BCUT2D eigenvalue weighted by Gasteiger charge is 2.32. The molecule has 158 valence electrons. The summed E-state index contributed by atoms with van der Waals surface area (Å²) in [5.41, 5.74) is 0.773. The van der Waals surface area contributed by atoms with E-state index in [-0.39, 0.29) is 11.8 Å². The Bertz CT molecular complexity index is 878. The van der Waals surface area contributed by atoms with Gasteiger partial charge in [0, 0.05) is 53.9 Å². The second-order valence-corrected chi connectivity index (χ2v) is 9.42. The van der Waals surface area contributed by atoms with E-state index < -0.39 is 0 Å². The fourth-order valence-corrected chi connectivity index (χ4v) is 6.00. The number of likely N-dealkylation sites (tertiary alicyclic amines) is 1. The van der Waals surface area contributed by atoms with E-state index in [0.29, 0.717) is 28.9 Å². The maximum atomic E-state index is 14.6. The molecule has 29 heavy (non-hydrogen) atoms. The standard InChI is InChI=1S/C22H30FN3O2S/c1-15-13-25(11-12-26(15)16-7-9-24(2)10-8-16)14-17-20-18(23)5-4-6-19(20)29-21(17)22(27)28-3/h4-6,15-16H,7-14H2,1-3H3. The van der Waals surface area contributed by atoms with Gasteiger partial charge in [-0.25, -0.2) is 9.18 Å². The fourth-order valence-electron chi connectivity index (χ4n) is 4.86. The summed E-state index contributed by atoms with van der Waals surface area (Å²) in [4.78, 5) is 20.3. The van der Waals surface area contributed by atoms with Crippen LogP contribution in [0, 0.1) is 5.82 Å². The third-order valence-corrected chi connectivity index (χ3v) is 7.61. The van der Waals surface area contributed by atoms with E-state index in [1.54, 1.807) is 6.07 Å². The molecule has 2 saturated heterocycles. The van der Waals surface area contributed by atoms with E-state index in [2.05, 4.69) is 28.7 Å². The van der Waals surface area contributed by atoms with Crippen molar-refractivity contribution in [3.05, 3.63) is 34.5 Å². The van der Waals surface area contributed by atoms with E-state index in [0.717, 1.165) is 29.9 Å². The number of carbonyl (C=O) groups is 1. The van der Waals surface area contributed by atoms with E-state index >= 15 is 0 Å². The zero-order valence-electron chi connectivity index (χ0n) is 17.5. The molecule has 3 heterocycles. The maximum Gasteiger partial charge on any atom is 0.348 e. The van der Waals surface area contributed by atoms with Gasteiger partial charge in [0.25, 0.3) is 0 Å². The summed E-state index contributed by atoms with van der Waals surface area (Å²) in [6, 6.07) is 6.16. The van der Waals surface area contributed by atoms with Crippen molar-refractivity contribution in [1.82, 2.24) is 14.7 Å². The van der Waals surface area contributed by atoms with Crippen LogP contribution in [0.4, 0.5) is 4.39 Å². The Kier molecular flexibility index (Phi) is 6.20. The van der Waals surface area contributed by atoms with Gasteiger partial charge in [-0.05, 0) is 52.0 Å². The van der Waals surface area contributed by atoms with Gasteiger partial charge >= 0.3 is 5.97 Å². The predicted molar refractivity (Wildman–Crippen MR) is 115 cm³/mol. The molecule has 0 radical (unpaired) electrons. The summed E-state index contributed by atoms with van der Waals surface area (Å²) >= 11 is 1.33. The highest BCUT2D eigenvalue weighted by atomic mass is 32.1. The first-order chi connectivity index (χ1) is 14.0. The van der Waals surface area contributed by atoms with Crippen LogP contribution in [-0.2, 0) is 11.3 Å². The lowest BCUT2D eigenvalue weighted by molar-refractivity contribution is 0.0227. The van der Waals surface area contributed by atoms with Crippen molar-refractivity contribution in [2.75, 3.05) is 46.9 Å². The number of carbonyl (C=O) groups excluding carboxylic acids is 1. The number of nitrogens with zero attached hydrogens (tertiary/aromatic N) is 3. The molecule has 0 saturated carbocycles. The Hall–Kier alpha value is -1.54. The highest BCUT2D eigenvalue weighted by Crippen LogP contribution is 2.35. The van der Waals surface area contributed by atoms with Gasteiger partial charge in [-0.1, -0.05) is 6.07 Å². The van der Waals surface area contributed by atoms with E-state index in [9.17, 15) is 9.18 Å². The number of hydrogen-bond donors (Lipinski definition) is 0. The van der Waals surface area contributed by atoms with Crippen LogP contribution < -0.4 is 0 Å². The van der Waals surface area contributed by atoms with E-state index in [4.69, 9.17) is 4.74 Å². The van der Waals surface area contributed by atoms with Crippen LogP contribution in [0.2, 0.25) is 0 Å². The normalized spacial score (nSPS) is 23.0. The second-order valence-electron chi connectivity index (χ2n) is 8.37. The van der Waals surface area contributed by atoms with Crippen molar-refractivity contribution in [2.45, 2.75) is 38.4 Å². The number of halogens is 1. The van der Waals surface area contributed by atoms with Crippen LogP contribution in [0.25, 0.3) is 10.1 Å². The molecule has 1 atom stereocenters. The summed E-state index contributed by atoms with van der Waals surface area (Å²) in [6.45, 7) is 8.09. The number of piperidine rings is 1. The third-order valence-electron chi connectivity index (χ3n) is 6.44. The molecule has 0 amide bonds. The van der Waals surface area contributed by atoms with Crippen molar-refractivity contribution >= 4 is 27.4 Å². The Balaban J connectivity index is 1.52. The highest BCUT2D eigenvalue weighted by molar-refractivity contribution is 7.21. The number of piperazine rings is 1. The Labute approximate surface area is 176 Å². The number of methoxy groups -OCH3 is 1. The number of benzene rings is 1. The van der Waals surface area contributed by atoms with Gasteiger partial charge in [-0.15, -0.1) is 11.3 Å². The van der Waals surface area contributed by atoms with Crippen LogP contribution in [0.1, 0.15) is 35.0 Å². The number of fused-ring (bicyclic) bond motifs is 1. The first-order valence-electron chi connectivity index (χ1n) is 10.4. The van der Waals surface area contributed by atoms with Gasteiger partial charge < -0.3 is 9.64 Å². The van der Waals surface area contributed by atoms with Gasteiger partial charge in [0.2, 0.25) is 0 Å². The summed E-state index contributed by atoms with van der Waals surface area (Å²) in [5.74, 6) is -0.638. The lowest BCUT2D eigenvalue weighted by Crippen LogP contribution is -2.57. The summed E-state index contributed by atoms with van der Waals surface area (Å²) < 4.78 is 20.4. The predicted octanol–water partition coefficient (Wildman–Crippen LogP) is 3.43.